The molecule has 0 spiro atoms. The summed E-state index contributed by atoms with van der Waals surface area (Å²) in [7, 11) is 1.56. The first-order chi connectivity index (χ1) is 10.6. The summed E-state index contributed by atoms with van der Waals surface area (Å²) in [5.41, 5.74) is 0. The Hall–Kier alpha value is -1.92. The number of H-pyrrole nitrogens is 1. The quantitative estimate of drug-likeness (QED) is 0.865. The van der Waals surface area contributed by atoms with Crippen LogP contribution in [0.2, 0.25) is 0 Å². The third-order valence-corrected chi connectivity index (χ3v) is 4.88. The second kappa shape index (κ2) is 6.06. The highest BCUT2D eigenvalue weighted by Gasteiger charge is 2.36. The van der Waals surface area contributed by atoms with E-state index in [0.717, 1.165) is 37.7 Å². The van der Waals surface area contributed by atoms with Gasteiger partial charge in [0.1, 0.15) is 5.82 Å². The van der Waals surface area contributed by atoms with Crippen LogP contribution in [0.5, 0.6) is 0 Å². The van der Waals surface area contributed by atoms with E-state index in [1.54, 1.807) is 7.05 Å². The van der Waals surface area contributed by atoms with E-state index in [1.807, 2.05) is 4.90 Å². The molecule has 2 heterocycles. The number of nitrogens with zero attached hydrogens (tertiary/aromatic N) is 3. The van der Waals surface area contributed by atoms with Crippen molar-refractivity contribution in [3.8, 4) is 0 Å². The lowest BCUT2D eigenvalue weighted by Gasteiger charge is -2.31. The van der Waals surface area contributed by atoms with Gasteiger partial charge in [-0.15, -0.1) is 5.10 Å². The number of hydrogen-bond acceptors (Lipinski definition) is 4. The van der Waals surface area contributed by atoms with Crippen LogP contribution in [0.15, 0.2) is 0 Å². The molecule has 1 saturated carbocycles. The Bertz CT molecular complexity index is 562. The fourth-order valence-electron chi connectivity index (χ4n) is 3.11. The third-order valence-electron chi connectivity index (χ3n) is 4.88. The van der Waals surface area contributed by atoms with Crippen LogP contribution < -0.4 is 5.32 Å². The smallest absolute Gasteiger partial charge is 0.290 e. The molecule has 2 N–H and O–H groups in total. The van der Waals surface area contributed by atoms with Crippen LogP contribution >= 0.6 is 0 Å². The highest BCUT2D eigenvalue weighted by Crippen LogP contribution is 2.41. The Balaban J connectivity index is 1.51. The molecule has 1 saturated heterocycles. The summed E-state index contributed by atoms with van der Waals surface area (Å²) in [5.74, 6) is 2.51. The van der Waals surface area contributed by atoms with E-state index in [4.69, 9.17) is 0 Å². The summed E-state index contributed by atoms with van der Waals surface area (Å²) in [4.78, 5) is 29.9. The van der Waals surface area contributed by atoms with E-state index in [-0.39, 0.29) is 23.6 Å². The predicted octanol–water partition coefficient (Wildman–Crippen LogP) is 0.916. The molecule has 2 unspecified atom stereocenters. The van der Waals surface area contributed by atoms with Crippen molar-refractivity contribution in [1.82, 2.24) is 25.4 Å². The molecule has 120 valence electrons. The van der Waals surface area contributed by atoms with Gasteiger partial charge in [-0.2, -0.15) is 0 Å². The van der Waals surface area contributed by atoms with Crippen LogP contribution in [0.3, 0.4) is 0 Å². The number of amides is 2. The molecule has 0 radical (unpaired) electrons. The zero-order valence-electron chi connectivity index (χ0n) is 13.1. The molecule has 1 aliphatic carbocycles. The Kier molecular flexibility index (Phi) is 4.13. The second-order valence-electron chi connectivity index (χ2n) is 6.46. The number of hydrogen-bond donors (Lipinski definition) is 2. The van der Waals surface area contributed by atoms with E-state index in [9.17, 15) is 9.59 Å². The average Bonchev–Trinajstić information content (AvgIpc) is 3.04. The van der Waals surface area contributed by atoms with E-state index in [1.165, 1.54) is 6.42 Å². The van der Waals surface area contributed by atoms with E-state index in [2.05, 4.69) is 27.4 Å². The summed E-state index contributed by atoms with van der Waals surface area (Å²) in [6.07, 6.45) is 3.64. The van der Waals surface area contributed by atoms with Crippen molar-refractivity contribution in [2.45, 2.75) is 38.5 Å². The molecule has 2 aliphatic rings. The topological polar surface area (TPSA) is 91.0 Å². The lowest BCUT2D eigenvalue weighted by atomic mass is 9.96. The Labute approximate surface area is 129 Å². The predicted molar refractivity (Wildman–Crippen MR) is 80.2 cm³/mol. The highest BCUT2D eigenvalue weighted by atomic mass is 16.2. The summed E-state index contributed by atoms with van der Waals surface area (Å²) >= 11 is 0. The maximum atomic E-state index is 12.2. The summed E-state index contributed by atoms with van der Waals surface area (Å²) < 4.78 is 0. The molecule has 2 atom stereocenters. The van der Waals surface area contributed by atoms with Crippen molar-refractivity contribution in [3.05, 3.63) is 11.6 Å². The maximum Gasteiger partial charge on any atom is 0.290 e. The van der Waals surface area contributed by atoms with E-state index in [0.29, 0.717) is 12.3 Å². The number of aromatic nitrogens is 3. The normalized spacial score (nSPS) is 25.1. The van der Waals surface area contributed by atoms with Gasteiger partial charge in [-0.25, -0.2) is 4.98 Å². The lowest BCUT2D eigenvalue weighted by Crippen LogP contribution is -2.38. The zero-order chi connectivity index (χ0) is 15.7. The number of carbonyl (C=O) groups is 2. The zero-order valence-corrected chi connectivity index (χ0v) is 13.1. The van der Waals surface area contributed by atoms with Gasteiger partial charge < -0.3 is 10.2 Å². The molecule has 1 aliphatic heterocycles. The Morgan fingerprint density at radius 2 is 2.05 bits per heavy atom. The molecule has 2 amide bonds. The summed E-state index contributed by atoms with van der Waals surface area (Å²) in [6, 6.07) is 0. The number of rotatable bonds is 4. The summed E-state index contributed by atoms with van der Waals surface area (Å²) in [6.45, 7) is 3.74. The molecule has 1 aromatic rings. The largest absolute Gasteiger partial charge is 0.352 e. The number of piperidine rings is 1. The molecular formula is C15H23N5O2. The first kappa shape index (κ1) is 15.0. The van der Waals surface area contributed by atoms with Crippen molar-refractivity contribution in [2.24, 2.45) is 11.8 Å². The van der Waals surface area contributed by atoms with Gasteiger partial charge in [-0.05, 0) is 31.1 Å². The first-order valence-corrected chi connectivity index (χ1v) is 8.00. The minimum atomic E-state index is -0.284. The molecular weight excluding hydrogens is 282 g/mol. The van der Waals surface area contributed by atoms with Crippen LogP contribution in [0, 0.1) is 11.8 Å². The SMILES string of the molecule is CNC(=O)c1n[nH]c(C2CCN(C(=O)CC3CC3C)CC2)n1. The van der Waals surface area contributed by atoms with Gasteiger partial charge in [0.2, 0.25) is 11.7 Å². The van der Waals surface area contributed by atoms with Crippen LogP contribution in [-0.2, 0) is 4.79 Å². The highest BCUT2D eigenvalue weighted by molar-refractivity contribution is 5.90. The monoisotopic (exact) mass is 305 g/mol. The molecule has 0 aromatic carbocycles. The maximum absolute atomic E-state index is 12.2. The number of nitrogens with one attached hydrogen (secondary N) is 2. The molecule has 7 nitrogen and oxygen atoms in total. The third kappa shape index (κ3) is 3.13. The average molecular weight is 305 g/mol. The van der Waals surface area contributed by atoms with Crippen LogP contribution in [0.1, 0.15) is 55.0 Å². The minimum Gasteiger partial charge on any atom is -0.352 e. The van der Waals surface area contributed by atoms with Crippen molar-refractivity contribution in [2.75, 3.05) is 20.1 Å². The van der Waals surface area contributed by atoms with Gasteiger partial charge >= 0.3 is 0 Å². The van der Waals surface area contributed by atoms with E-state index < -0.39 is 0 Å². The number of aromatic amines is 1. The number of carbonyl (C=O) groups excluding carboxylic acids is 2. The summed E-state index contributed by atoms with van der Waals surface area (Å²) in [5, 5.41) is 9.31. The molecule has 3 rings (SSSR count). The van der Waals surface area contributed by atoms with Gasteiger partial charge in [0.25, 0.3) is 5.91 Å². The van der Waals surface area contributed by atoms with Crippen LogP contribution in [0.4, 0.5) is 0 Å². The van der Waals surface area contributed by atoms with Crippen molar-refractivity contribution < 1.29 is 9.59 Å². The van der Waals surface area contributed by atoms with Gasteiger partial charge in [-0.3, -0.25) is 14.7 Å². The lowest BCUT2D eigenvalue weighted by molar-refractivity contribution is -0.132. The minimum absolute atomic E-state index is 0.179. The van der Waals surface area contributed by atoms with Gasteiger partial charge in [0.05, 0.1) is 0 Å². The van der Waals surface area contributed by atoms with E-state index >= 15 is 0 Å². The van der Waals surface area contributed by atoms with Gasteiger partial charge in [0.15, 0.2) is 0 Å². The first-order valence-electron chi connectivity index (χ1n) is 8.00. The standard InChI is InChI=1S/C15H23N5O2/c1-9-7-11(9)8-12(21)20-5-3-10(4-6-20)13-17-14(19-18-13)15(22)16-2/h9-11H,3-8H2,1-2H3,(H,16,22)(H,17,18,19). The molecule has 2 fully saturated rings. The fraction of sp³-hybridized carbons (Fsp3) is 0.733. The molecule has 7 heteroatoms. The van der Waals surface area contributed by atoms with Crippen LogP contribution in [-0.4, -0.2) is 52.0 Å². The second-order valence-corrected chi connectivity index (χ2v) is 6.46. The molecule has 0 bridgehead atoms. The molecule has 22 heavy (non-hydrogen) atoms. The van der Waals surface area contributed by atoms with Crippen molar-refractivity contribution >= 4 is 11.8 Å². The fourth-order valence-corrected chi connectivity index (χ4v) is 3.11. The number of likely N-dealkylation sites (tertiary alicyclic amines) is 1. The van der Waals surface area contributed by atoms with Crippen molar-refractivity contribution in [3.63, 3.8) is 0 Å². The van der Waals surface area contributed by atoms with Gasteiger partial charge in [0, 0.05) is 32.5 Å². The Morgan fingerprint density at radius 1 is 1.36 bits per heavy atom. The molecule has 1 aromatic heterocycles. The van der Waals surface area contributed by atoms with Crippen LogP contribution in [0.25, 0.3) is 0 Å². The Morgan fingerprint density at radius 3 is 2.64 bits per heavy atom. The van der Waals surface area contributed by atoms with Crippen molar-refractivity contribution in [1.29, 1.82) is 0 Å². The van der Waals surface area contributed by atoms with Gasteiger partial charge in [-0.1, -0.05) is 6.92 Å².